The van der Waals surface area contributed by atoms with Crippen LogP contribution in [0.25, 0.3) is 0 Å². The van der Waals surface area contributed by atoms with Crippen molar-refractivity contribution in [3.05, 3.63) is 33.9 Å². The predicted octanol–water partition coefficient (Wildman–Crippen LogP) is 2.20. The SMILES string of the molecule is COc1cc([N+](=O)[O-])ccc1CN1CCCC1. The van der Waals surface area contributed by atoms with E-state index in [9.17, 15) is 10.1 Å². The summed E-state index contributed by atoms with van der Waals surface area (Å²) in [6, 6.07) is 4.81. The molecule has 0 radical (unpaired) electrons. The fraction of sp³-hybridized carbons (Fsp3) is 0.500. The maximum Gasteiger partial charge on any atom is 0.273 e. The van der Waals surface area contributed by atoms with Gasteiger partial charge in [-0.05, 0) is 32.0 Å². The van der Waals surface area contributed by atoms with Crippen LogP contribution in [0.15, 0.2) is 18.2 Å². The van der Waals surface area contributed by atoms with Gasteiger partial charge in [0.15, 0.2) is 0 Å². The van der Waals surface area contributed by atoms with Crippen molar-refractivity contribution in [2.24, 2.45) is 0 Å². The van der Waals surface area contributed by atoms with E-state index in [0.717, 1.165) is 25.2 Å². The molecule has 0 atom stereocenters. The van der Waals surface area contributed by atoms with Gasteiger partial charge in [0, 0.05) is 18.2 Å². The molecule has 0 saturated carbocycles. The molecule has 1 heterocycles. The average Bonchev–Trinajstić information content (AvgIpc) is 2.82. The second kappa shape index (κ2) is 5.14. The number of nitro benzene ring substituents is 1. The van der Waals surface area contributed by atoms with Gasteiger partial charge in [-0.1, -0.05) is 0 Å². The monoisotopic (exact) mass is 236 g/mol. The van der Waals surface area contributed by atoms with E-state index in [-0.39, 0.29) is 5.69 Å². The Hall–Kier alpha value is -1.62. The second-order valence-electron chi connectivity index (χ2n) is 4.24. The number of nitro groups is 1. The van der Waals surface area contributed by atoms with E-state index in [1.165, 1.54) is 25.0 Å². The molecule has 0 unspecified atom stereocenters. The van der Waals surface area contributed by atoms with Gasteiger partial charge in [-0.2, -0.15) is 0 Å². The molecule has 0 aliphatic carbocycles. The smallest absolute Gasteiger partial charge is 0.273 e. The van der Waals surface area contributed by atoms with Crippen molar-refractivity contribution in [1.29, 1.82) is 0 Å². The van der Waals surface area contributed by atoms with Gasteiger partial charge in [0.2, 0.25) is 0 Å². The summed E-state index contributed by atoms with van der Waals surface area (Å²) in [5, 5.41) is 10.7. The van der Waals surface area contributed by atoms with Crippen LogP contribution in [0.1, 0.15) is 18.4 Å². The zero-order valence-electron chi connectivity index (χ0n) is 9.89. The lowest BCUT2D eigenvalue weighted by Gasteiger charge is -2.16. The molecule has 1 saturated heterocycles. The van der Waals surface area contributed by atoms with Crippen molar-refractivity contribution in [3.8, 4) is 5.75 Å². The van der Waals surface area contributed by atoms with Crippen LogP contribution in [0, 0.1) is 10.1 Å². The largest absolute Gasteiger partial charge is 0.496 e. The van der Waals surface area contributed by atoms with Crippen LogP contribution in [0.4, 0.5) is 5.69 Å². The number of ether oxygens (including phenoxy) is 1. The third kappa shape index (κ3) is 2.74. The molecule has 1 aliphatic rings. The third-order valence-electron chi connectivity index (χ3n) is 3.07. The van der Waals surface area contributed by atoms with Crippen molar-refractivity contribution in [2.45, 2.75) is 19.4 Å². The molecule has 5 nitrogen and oxygen atoms in total. The first kappa shape index (κ1) is 11.9. The second-order valence-corrected chi connectivity index (χ2v) is 4.24. The lowest BCUT2D eigenvalue weighted by molar-refractivity contribution is -0.384. The van der Waals surface area contributed by atoms with Crippen molar-refractivity contribution in [1.82, 2.24) is 4.90 Å². The number of rotatable bonds is 4. The topological polar surface area (TPSA) is 55.6 Å². The molecular formula is C12H16N2O3. The van der Waals surface area contributed by atoms with Gasteiger partial charge in [-0.25, -0.2) is 0 Å². The average molecular weight is 236 g/mol. The molecule has 1 fully saturated rings. The van der Waals surface area contributed by atoms with Crippen LogP contribution in [-0.2, 0) is 6.54 Å². The summed E-state index contributed by atoms with van der Waals surface area (Å²) >= 11 is 0. The lowest BCUT2D eigenvalue weighted by atomic mass is 10.1. The summed E-state index contributed by atoms with van der Waals surface area (Å²) in [5.41, 5.74) is 1.09. The van der Waals surface area contributed by atoms with Crippen LogP contribution in [0.5, 0.6) is 5.75 Å². The van der Waals surface area contributed by atoms with Gasteiger partial charge in [-0.3, -0.25) is 15.0 Å². The molecule has 92 valence electrons. The van der Waals surface area contributed by atoms with Gasteiger partial charge >= 0.3 is 0 Å². The highest BCUT2D eigenvalue weighted by Crippen LogP contribution is 2.26. The Morgan fingerprint density at radius 1 is 1.41 bits per heavy atom. The molecule has 1 aliphatic heterocycles. The number of non-ortho nitro benzene ring substituents is 1. The Kier molecular flexibility index (Phi) is 3.58. The minimum absolute atomic E-state index is 0.0759. The Morgan fingerprint density at radius 3 is 2.71 bits per heavy atom. The van der Waals surface area contributed by atoms with Crippen molar-refractivity contribution in [3.63, 3.8) is 0 Å². The minimum Gasteiger partial charge on any atom is -0.496 e. The van der Waals surface area contributed by atoms with Gasteiger partial charge in [0.1, 0.15) is 5.75 Å². The molecule has 1 aromatic carbocycles. The first-order valence-electron chi connectivity index (χ1n) is 5.74. The van der Waals surface area contributed by atoms with Crippen LogP contribution in [0.3, 0.4) is 0 Å². The Labute approximate surface area is 100 Å². The van der Waals surface area contributed by atoms with Gasteiger partial charge in [0.25, 0.3) is 5.69 Å². The normalized spacial score (nSPS) is 16.1. The van der Waals surface area contributed by atoms with E-state index in [1.807, 2.05) is 0 Å². The summed E-state index contributed by atoms with van der Waals surface area (Å²) in [7, 11) is 1.55. The molecular weight excluding hydrogens is 220 g/mol. The summed E-state index contributed by atoms with van der Waals surface area (Å²) in [5.74, 6) is 0.603. The number of hydrogen-bond acceptors (Lipinski definition) is 4. The van der Waals surface area contributed by atoms with E-state index < -0.39 is 4.92 Å². The first-order chi connectivity index (χ1) is 8.20. The van der Waals surface area contributed by atoms with E-state index in [1.54, 1.807) is 13.2 Å². The summed E-state index contributed by atoms with van der Waals surface area (Å²) in [6.07, 6.45) is 2.46. The predicted molar refractivity (Wildman–Crippen MR) is 64.2 cm³/mol. The van der Waals surface area contributed by atoms with Gasteiger partial charge < -0.3 is 4.74 Å². The fourth-order valence-corrected chi connectivity index (χ4v) is 2.16. The number of benzene rings is 1. The maximum absolute atomic E-state index is 10.7. The number of likely N-dealkylation sites (tertiary alicyclic amines) is 1. The highest BCUT2D eigenvalue weighted by atomic mass is 16.6. The first-order valence-corrected chi connectivity index (χ1v) is 5.74. The fourth-order valence-electron chi connectivity index (χ4n) is 2.16. The highest BCUT2D eigenvalue weighted by Gasteiger charge is 2.16. The molecule has 5 heteroatoms. The molecule has 1 aromatic rings. The van der Waals surface area contributed by atoms with Crippen molar-refractivity contribution < 1.29 is 9.66 Å². The number of hydrogen-bond donors (Lipinski definition) is 0. The van der Waals surface area contributed by atoms with E-state index in [0.29, 0.717) is 5.75 Å². The minimum atomic E-state index is -0.401. The van der Waals surface area contributed by atoms with Crippen LogP contribution in [-0.4, -0.2) is 30.0 Å². The Bertz CT molecular complexity index is 414. The third-order valence-corrected chi connectivity index (χ3v) is 3.07. The summed E-state index contributed by atoms with van der Waals surface area (Å²) in [6.45, 7) is 3.00. The maximum atomic E-state index is 10.7. The van der Waals surface area contributed by atoms with Crippen LogP contribution >= 0.6 is 0 Å². The van der Waals surface area contributed by atoms with Gasteiger partial charge in [0.05, 0.1) is 18.1 Å². The standard InChI is InChI=1S/C12H16N2O3/c1-17-12-8-11(14(15)16)5-4-10(12)9-13-6-2-3-7-13/h4-5,8H,2-3,6-7,9H2,1H3. The van der Waals surface area contributed by atoms with Crippen LogP contribution in [0.2, 0.25) is 0 Å². The molecule has 2 rings (SSSR count). The van der Waals surface area contributed by atoms with Crippen molar-refractivity contribution >= 4 is 5.69 Å². The van der Waals surface area contributed by atoms with E-state index in [4.69, 9.17) is 4.74 Å². The molecule has 17 heavy (non-hydrogen) atoms. The van der Waals surface area contributed by atoms with E-state index >= 15 is 0 Å². The Morgan fingerprint density at radius 2 is 2.12 bits per heavy atom. The molecule has 0 aromatic heterocycles. The highest BCUT2D eigenvalue weighted by molar-refractivity contribution is 5.44. The van der Waals surface area contributed by atoms with Crippen molar-refractivity contribution in [2.75, 3.05) is 20.2 Å². The Balaban J connectivity index is 2.18. The van der Waals surface area contributed by atoms with Crippen LogP contribution < -0.4 is 4.74 Å². The zero-order chi connectivity index (χ0) is 12.3. The summed E-state index contributed by atoms with van der Waals surface area (Å²) < 4.78 is 5.22. The summed E-state index contributed by atoms with van der Waals surface area (Å²) in [4.78, 5) is 12.6. The van der Waals surface area contributed by atoms with E-state index in [2.05, 4.69) is 4.90 Å². The van der Waals surface area contributed by atoms with Gasteiger partial charge in [-0.15, -0.1) is 0 Å². The quantitative estimate of drug-likeness (QED) is 0.594. The molecule has 0 N–H and O–H groups in total. The lowest BCUT2D eigenvalue weighted by Crippen LogP contribution is -2.18. The molecule has 0 bridgehead atoms. The molecule has 0 amide bonds. The zero-order valence-corrected chi connectivity index (χ0v) is 9.89. The number of methoxy groups -OCH3 is 1. The molecule has 0 spiro atoms. The number of nitrogens with zero attached hydrogens (tertiary/aromatic N) is 2.